The summed E-state index contributed by atoms with van der Waals surface area (Å²) in [6.45, 7) is 11.2. The fourth-order valence-corrected chi connectivity index (χ4v) is 4.53. The molecule has 7 nitrogen and oxygen atoms in total. The number of nitrogens with one attached hydrogen (secondary N) is 2. The number of ether oxygens (including phenoxy) is 1. The van der Waals surface area contributed by atoms with Gasteiger partial charge in [0.25, 0.3) is 0 Å². The number of hydrogen-bond acceptors (Lipinski definition) is 5. The first-order valence-corrected chi connectivity index (χ1v) is 11.8. The van der Waals surface area contributed by atoms with Crippen molar-refractivity contribution in [3.8, 4) is 0 Å². The number of hydrogen-bond donors (Lipinski definition) is 3. The largest absolute Gasteiger partial charge is 0.396 e. The molecule has 31 heavy (non-hydrogen) atoms. The smallest absolute Gasteiger partial charge is 0.190 e. The van der Waals surface area contributed by atoms with Crippen LogP contribution in [-0.2, 0) is 4.74 Å². The van der Waals surface area contributed by atoms with Crippen LogP contribution >= 0.6 is 0 Å². The predicted octanol–water partition coefficient (Wildman–Crippen LogP) is 1.85. The van der Waals surface area contributed by atoms with Crippen molar-refractivity contribution in [1.29, 1.82) is 0 Å². The van der Waals surface area contributed by atoms with Crippen LogP contribution in [0.5, 0.6) is 0 Å². The normalized spacial score (nSPS) is 22.7. The SMILES string of the molecule is CN=C(NCCCCN1CCN(c2cccc(C)c2)CC1)NCC1(CCO)CCOC1. The first-order valence-electron chi connectivity index (χ1n) is 11.8. The second kappa shape index (κ2) is 12.3. The van der Waals surface area contributed by atoms with Crippen molar-refractivity contribution < 1.29 is 9.84 Å². The van der Waals surface area contributed by atoms with Gasteiger partial charge in [0, 0.05) is 70.6 Å². The van der Waals surface area contributed by atoms with Crippen LogP contribution in [0, 0.1) is 12.3 Å². The van der Waals surface area contributed by atoms with Crippen molar-refractivity contribution in [3.05, 3.63) is 29.8 Å². The number of piperazine rings is 1. The van der Waals surface area contributed by atoms with E-state index in [9.17, 15) is 5.11 Å². The van der Waals surface area contributed by atoms with E-state index in [2.05, 4.69) is 56.6 Å². The lowest BCUT2D eigenvalue weighted by Crippen LogP contribution is -2.47. The van der Waals surface area contributed by atoms with Gasteiger partial charge in [-0.05, 0) is 56.8 Å². The number of guanidine groups is 1. The standard InChI is InChI=1S/C24H41N5O2/c1-21-6-5-7-22(18-21)29-14-12-28(13-15-29)11-4-3-10-26-23(25-2)27-19-24(8-16-30)9-17-31-20-24/h5-7,18,30H,3-4,8-17,19-20H2,1-2H3,(H2,25,26,27). The van der Waals surface area contributed by atoms with E-state index in [0.717, 1.165) is 77.6 Å². The molecule has 2 aliphatic rings. The molecule has 1 atom stereocenters. The first-order chi connectivity index (χ1) is 15.1. The van der Waals surface area contributed by atoms with Crippen molar-refractivity contribution in [2.75, 3.05) is 77.6 Å². The van der Waals surface area contributed by atoms with Crippen LogP contribution in [0.1, 0.15) is 31.2 Å². The molecule has 0 spiro atoms. The molecule has 1 aromatic carbocycles. The van der Waals surface area contributed by atoms with Gasteiger partial charge in [-0.15, -0.1) is 0 Å². The van der Waals surface area contributed by atoms with E-state index in [0.29, 0.717) is 6.61 Å². The molecule has 1 unspecified atom stereocenters. The monoisotopic (exact) mass is 431 g/mol. The summed E-state index contributed by atoms with van der Waals surface area (Å²) in [5.74, 6) is 0.844. The number of aliphatic hydroxyl groups excluding tert-OH is 1. The number of aliphatic imine (C=N–C) groups is 1. The van der Waals surface area contributed by atoms with Crippen molar-refractivity contribution in [2.24, 2.45) is 10.4 Å². The molecule has 7 heteroatoms. The highest BCUT2D eigenvalue weighted by molar-refractivity contribution is 5.79. The Morgan fingerprint density at radius 3 is 2.71 bits per heavy atom. The Kier molecular flexibility index (Phi) is 9.43. The number of rotatable bonds is 10. The molecule has 3 rings (SSSR count). The average molecular weight is 432 g/mol. The number of nitrogens with zero attached hydrogens (tertiary/aromatic N) is 3. The van der Waals surface area contributed by atoms with Crippen LogP contribution in [0.15, 0.2) is 29.3 Å². The summed E-state index contributed by atoms with van der Waals surface area (Å²) in [4.78, 5) is 9.43. The molecular weight excluding hydrogens is 390 g/mol. The van der Waals surface area contributed by atoms with Gasteiger partial charge in [0.1, 0.15) is 0 Å². The Morgan fingerprint density at radius 2 is 2.03 bits per heavy atom. The van der Waals surface area contributed by atoms with E-state index >= 15 is 0 Å². The summed E-state index contributed by atoms with van der Waals surface area (Å²) >= 11 is 0. The van der Waals surface area contributed by atoms with Gasteiger partial charge in [-0.3, -0.25) is 9.89 Å². The van der Waals surface area contributed by atoms with Gasteiger partial charge in [-0.2, -0.15) is 0 Å². The Hall–Kier alpha value is -1.83. The molecule has 2 fully saturated rings. The Balaban J connectivity index is 1.28. The lowest BCUT2D eigenvalue weighted by molar-refractivity contribution is 0.127. The third-order valence-corrected chi connectivity index (χ3v) is 6.61. The maximum Gasteiger partial charge on any atom is 0.190 e. The summed E-state index contributed by atoms with van der Waals surface area (Å²) in [6.07, 6.45) is 4.09. The van der Waals surface area contributed by atoms with Gasteiger partial charge in [0.2, 0.25) is 0 Å². The van der Waals surface area contributed by atoms with Crippen LogP contribution in [0.3, 0.4) is 0 Å². The van der Waals surface area contributed by atoms with E-state index in [4.69, 9.17) is 4.74 Å². The number of anilines is 1. The second-order valence-corrected chi connectivity index (χ2v) is 9.00. The van der Waals surface area contributed by atoms with E-state index in [1.54, 1.807) is 0 Å². The first kappa shape index (κ1) is 23.8. The summed E-state index contributed by atoms with van der Waals surface area (Å²) in [5, 5.41) is 16.2. The molecule has 0 aliphatic carbocycles. The number of aryl methyl sites for hydroxylation is 1. The fraction of sp³-hybridized carbons (Fsp3) is 0.708. The zero-order valence-electron chi connectivity index (χ0n) is 19.4. The highest BCUT2D eigenvalue weighted by Crippen LogP contribution is 2.31. The molecule has 0 bridgehead atoms. The summed E-state index contributed by atoms with van der Waals surface area (Å²) < 4.78 is 5.57. The Bertz CT molecular complexity index is 682. The maximum atomic E-state index is 9.37. The van der Waals surface area contributed by atoms with Gasteiger partial charge in [0.15, 0.2) is 5.96 Å². The average Bonchev–Trinajstić information content (AvgIpc) is 3.25. The van der Waals surface area contributed by atoms with Crippen molar-refractivity contribution in [3.63, 3.8) is 0 Å². The topological polar surface area (TPSA) is 72.4 Å². The van der Waals surface area contributed by atoms with Crippen molar-refractivity contribution >= 4 is 11.6 Å². The minimum absolute atomic E-state index is 0.0347. The van der Waals surface area contributed by atoms with Gasteiger partial charge in [-0.25, -0.2) is 0 Å². The predicted molar refractivity (Wildman–Crippen MR) is 128 cm³/mol. The Labute approximate surface area is 187 Å². The molecular formula is C24H41N5O2. The van der Waals surface area contributed by atoms with Gasteiger partial charge in [0.05, 0.1) is 6.61 Å². The molecule has 0 radical (unpaired) electrons. The van der Waals surface area contributed by atoms with Crippen LogP contribution in [0.2, 0.25) is 0 Å². The maximum absolute atomic E-state index is 9.37. The highest BCUT2D eigenvalue weighted by Gasteiger charge is 2.34. The quantitative estimate of drug-likeness (QED) is 0.298. The van der Waals surface area contributed by atoms with Gasteiger partial charge >= 0.3 is 0 Å². The molecule has 2 aliphatic heterocycles. The zero-order valence-corrected chi connectivity index (χ0v) is 19.4. The van der Waals surface area contributed by atoms with Gasteiger partial charge in [-0.1, -0.05) is 12.1 Å². The minimum Gasteiger partial charge on any atom is -0.396 e. The molecule has 174 valence electrons. The number of benzene rings is 1. The number of aliphatic hydroxyl groups is 1. The van der Waals surface area contributed by atoms with E-state index in [1.165, 1.54) is 17.7 Å². The lowest BCUT2D eigenvalue weighted by Gasteiger charge is -2.36. The third-order valence-electron chi connectivity index (χ3n) is 6.61. The molecule has 0 aromatic heterocycles. The van der Waals surface area contributed by atoms with Crippen LogP contribution in [0.4, 0.5) is 5.69 Å². The second-order valence-electron chi connectivity index (χ2n) is 9.00. The summed E-state index contributed by atoms with van der Waals surface area (Å²) in [6, 6.07) is 8.82. The van der Waals surface area contributed by atoms with Crippen molar-refractivity contribution in [2.45, 2.75) is 32.6 Å². The highest BCUT2D eigenvalue weighted by atomic mass is 16.5. The Morgan fingerprint density at radius 1 is 1.19 bits per heavy atom. The van der Waals surface area contributed by atoms with Gasteiger partial charge < -0.3 is 25.4 Å². The molecule has 2 saturated heterocycles. The summed E-state index contributed by atoms with van der Waals surface area (Å²) in [5.41, 5.74) is 2.72. The van der Waals surface area contributed by atoms with Crippen LogP contribution < -0.4 is 15.5 Å². The van der Waals surface area contributed by atoms with Crippen LogP contribution in [-0.4, -0.2) is 88.6 Å². The van der Waals surface area contributed by atoms with Crippen molar-refractivity contribution in [1.82, 2.24) is 15.5 Å². The molecule has 1 aromatic rings. The molecule has 0 amide bonds. The number of unbranched alkanes of at least 4 members (excludes halogenated alkanes) is 1. The third kappa shape index (κ3) is 7.37. The fourth-order valence-electron chi connectivity index (χ4n) is 4.53. The minimum atomic E-state index is 0.0347. The zero-order chi connectivity index (χ0) is 21.9. The van der Waals surface area contributed by atoms with E-state index < -0.39 is 0 Å². The van der Waals surface area contributed by atoms with Crippen LogP contribution in [0.25, 0.3) is 0 Å². The summed E-state index contributed by atoms with van der Waals surface area (Å²) in [7, 11) is 1.81. The lowest BCUT2D eigenvalue weighted by atomic mass is 9.84. The molecule has 2 heterocycles. The van der Waals surface area contributed by atoms with E-state index in [-0.39, 0.29) is 12.0 Å². The molecule has 3 N–H and O–H groups in total. The van der Waals surface area contributed by atoms with E-state index in [1.807, 2.05) is 7.05 Å². The molecule has 0 saturated carbocycles.